The van der Waals surface area contributed by atoms with Gasteiger partial charge in [0.2, 0.25) is 0 Å². The monoisotopic (exact) mass is 318 g/mol. The molecule has 1 aromatic rings. The summed E-state index contributed by atoms with van der Waals surface area (Å²) in [5.41, 5.74) is 2.55. The quantitative estimate of drug-likeness (QED) is 0.927. The first kappa shape index (κ1) is 15.6. The molecule has 0 radical (unpaired) electrons. The Balaban J connectivity index is 1.32. The Bertz CT molecular complexity index is 521. The predicted octanol–water partition coefficient (Wildman–Crippen LogP) is 2.15. The third-order valence-corrected chi connectivity index (χ3v) is 6.29. The van der Waals surface area contributed by atoms with E-state index in [9.17, 15) is 0 Å². The number of aromatic nitrogens is 2. The number of rotatable bonds is 3. The molecular formula is C18H30N4O. The first-order valence-corrected chi connectivity index (χ1v) is 9.36. The molecule has 2 fully saturated rings. The van der Waals surface area contributed by atoms with Crippen molar-refractivity contribution in [2.24, 2.45) is 0 Å². The molecule has 0 saturated carbocycles. The van der Waals surface area contributed by atoms with Gasteiger partial charge in [0.15, 0.2) is 0 Å². The van der Waals surface area contributed by atoms with E-state index in [1.54, 1.807) is 0 Å². The Morgan fingerprint density at radius 2 is 2.17 bits per heavy atom. The molecular weight excluding hydrogens is 288 g/mol. The molecule has 5 heteroatoms. The molecule has 128 valence electrons. The number of aromatic amines is 1. The van der Waals surface area contributed by atoms with Gasteiger partial charge in [0.25, 0.3) is 0 Å². The van der Waals surface area contributed by atoms with Crippen LogP contribution in [-0.4, -0.2) is 65.9 Å². The van der Waals surface area contributed by atoms with Crippen molar-refractivity contribution in [1.29, 1.82) is 0 Å². The maximum atomic E-state index is 6.24. The first-order chi connectivity index (χ1) is 11.3. The van der Waals surface area contributed by atoms with Gasteiger partial charge >= 0.3 is 0 Å². The lowest BCUT2D eigenvalue weighted by Crippen LogP contribution is -2.48. The highest BCUT2D eigenvalue weighted by Crippen LogP contribution is 2.40. The molecule has 3 aliphatic heterocycles. The topological polar surface area (TPSA) is 44.4 Å². The van der Waals surface area contributed by atoms with Crippen molar-refractivity contribution in [2.75, 3.05) is 39.8 Å². The van der Waals surface area contributed by atoms with Crippen molar-refractivity contribution in [1.82, 2.24) is 20.0 Å². The van der Waals surface area contributed by atoms with Gasteiger partial charge in [-0.1, -0.05) is 6.42 Å². The van der Waals surface area contributed by atoms with Crippen LogP contribution in [0.25, 0.3) is 0 Å². The van der Waals surface area contributed by atoms with Gasteiger partial charge in [0.05, 0.1) is 18.5 Å². The molecule has 0 aromatic carbocycles. The van der Waals surface area contributed by atoms with Crippen molar-refractivity contribution < 1.29 is 4.74 Å². The van der Waals surface area contributed by atoms with E-state index < -0.39 is 0 Å². The van der Waals surface area contributed by atoms with E-state index in [4.69, 9.17) is 4.74 Å². The largest absolute Gasteiger partial charge is 0.368 e. The predicted molar refractivity (Wildman–Crippen MR) is 90.5 cm³/mol. The van der Waals surface area contributed by atoms with Gasteiger partial charge in [-0.2, -0.15) is 5.10 Å². The minimum Gasteiger partial charge on any atom is -0.368 e. The van der Waals surface area contributed by atoms with E-state index >= 15 is 0 Å². The zero-order valence-electron chi connectivity index (χ0n) is 14.4. The summed E-state index contributed by atoms with van der Waals surface area (Å²) < 4.78 is 6.24. The van der Waals surface area contributed by atoms with Crippen LogP contribution in [0.5, 0.6) is 0 Å². The van der Waals surface area contributed by atoms with Crippen molar-refractivity contribution in [3.8, 4) is 0 Å². The SMILES string of the molecule is CN1CCCCC1CCN1CCC2(CC1)OCCc1cn[nH]c12. The third kappa shape index (κ3) is 3.06. The van der Waals surface area contributed by atoms with Crippen molar-refractivity contribution in [3.05, 3.63) is 17.5 Å². The molecule has 5 nitrogen and oxygen atoms in total. The van der Waals surface area contributed by atoms with Crippen molar-refractivity contribution in [2.45, 2.75) is 56.6 Å². The molecule has 1 atom stereocenters. The minimum atomic E-state index is -0.0811. The molecule has 3 aliphatic rings. The molecule has 0 bridgehead atoms. The molecule has 1 spiro atoms. The molecule has 1 unspecified atom stereocenters. The average Bonchev–Trinajstić information content (AvgIpc) is 3.06. The van der Waals surface area contributed by atoms with Crippen LogP contribution in [0.1, 0.15) is 49.8 Å². The zero-order valence-corrected chi connectivity index (χ0v) is 14.4. The van der Waals surface area contributed by atoms with E-state index in [1.807, 2.05) is 6.20 Å². The Labute approximate surface area is 139 Å². The van der Waals surface area contributed by atoms with Gasteiger partial charge in [-0.15, -0.1) is 0 Å². The highest BCUT2D eigenvalue weighted by Gasteiger charge is 2.42. The van der Waals surface area contributed by atoms with Gasteiger partial charge in [-0.05, 0) is 64.2 Å². The maximum Gasteiger partial charge on any atom is 0.112 e. The highest BCUT2D eigenvalue weighted by molar-refractivity contribution is 5.26. The fourth-order valence-corrected chi connectivity index (χ4v) is 4.70. The summed E-state index contributed by atoms with van der Waals surface area (Å²) >= 11 is 0. The summed E-state index contributed by atoms with van der Waals surface area (Å²) in [6.07, 6.45) is 10.7. The Morgan fingerprint density at radius 1 is 1.30 bits per heavy atom. The van der Waals surface area contributed by atoms with Gasteiger partial charge < -0.3 is 14.5 Å². The number of hydrogen-bond acceptors (Lipinski definition) is 4. The minimum absolute atomic E-state index is 0.0811. The molecule has 4 heterocycles. The van der Waals surface area contributed by atoms with Crippen LogP contribution >= 0.6 is 0 Å². The van der Waals surface area contributed by atoms with Gasteiger partial charge in [-0.25, -0.2) is 0 Å². The molecule has 0 amide bonds. The van der Waals surface area contributed by atoms with Crippen LogP contribution in [0.15, 0.2) is 6.20 Å². The third-order valence-electron chi connectivity index (χ3n) is 6.29. The van der Waals surface area contributed by atoms with Crippen LogP contribution in [0.3, 0.4) is 0 Å². The smallest absolute Gasteiger partial charge is 0.112 e. The van der Waals surface area contributed by atoms with E-state index in [0.717, 1.165) is 45.0 Å². The lowest BCUT2D eigenvalue weighted by Gasteiger charge is -2.44. The maximum absolute atomic E-state index is 6.24. The lowest BCUT2D eigenvalue weighted by molar-refractivity contribution is -0.101. The second-order valence-electron chi connectivity index (χ2n) is 7.62. The van der Waals surface area contributed by atoms with Crippen LogP contribution in [-0.2, 0) is 16.8 Å². The summed E-state index contributed by atoms with van der Waals surface area (Å²) in [6, 6.07) is 0.796. The zero-order chi connectivity index (χ0) is 15.7. The summed E-state index contributed by atoms with van der Waals surface area (Å²) in [5, 5.41) is 7.48. The molecule has 4 rings (SSSR count). The fourth-order valence-electron chi connectivity index (χ4n) is 4.70. The van der Waals surface area contributed by atoms with Gasteiger partial charge in [0.1, 0.15) is 5.60 Å². The van der Waals surface area contributed by atoms with E-state index in [2.05, 4.69) is 27.0 Å². The number of piperidine rings is 2. The summed E-state index contributed by atoms with van der Waals surface area (Å²) in [7, 11) is 2.30. The van der Waals surface area contributed by atoms with Crippen LogP contribution in [0.4, 0.5) is 0 Å². The molecule has 1 aromatic heterocycles. The lowest BCUT2D eigenvalue weighted by atomic mass is 9.83. The van der Waals surface area contributed by atoms with Crippen LogP contribution in [0.2, 0.25) is 0 Å². The normalized spacial score (nSPS) is 28.8. The Hall–Kier alpha value is -0.910. The molecule has 1 N–H and O–H groups in total. The highest BCUT2D eigenvalue weighted by atomic mass is 16.5. The number of hydrogen-bond donors (Lipinski definition) is 1. The number of fused-ring (bicyclic) bond motifs is 2. The van der Waals surface area contributed by atoms with E-state index in [-0.39, 0.29) is 5.60 Å². The number of nitrogens with one attached hydrogen (secondary N) is 1. The number of H-pyrrole nitrogens is 1. The standard InChI is InChI=1S/C18H30N4O/c1-21-9-3-2-4-16(21)5-10-22-11-7-18(8-12-22)17-15(6-13-23-18)14-19-20-17/h14,16H,2-13H2,1H3,(H,19,20). The van der Waals surface area contributed by atoms with Crippen molar-refractivity contribution >= 4 is 0 Å². The van der Waals surface area contributed by atoms with Crippen molar-refractivity contribution in [3.63, 3.8) is 0 Å². The fraction of sp³-hybridized carbons (Fsp3) is 0.833. The summed E-state index contributed by atoms with van der Waals surface area (Å²) in [5.74, 6) is 0. The number of likely N-dealkylation sites (tertiary alicyclic amines) is 2. The van der Waals surface area contributed by atoms with Gasteiger partial charge in [-0.3, -0.25) is 5.10 Å². The van der Waals surface area contributed by atoms with Gasteiger partial charge in [0, 0.05) is 19.1 Å². The Morgan fingerprint density at radius 3 is 3.00 bits per heavy atom. The molecule has 0 aliphatic carbocycles. The number of nitrogens with zero attached hydrogens (tertiary/aromatic N) is 3. The molecule has 23 heavy (non-hydrogen) atoms. The first-order valence-electron chi connectivity index (χ1n) is 9.36. The molecule has 2 saturated heterocycles. The van der Waals surface area contributed by atoms with E-state index in [0.29, 0.717) is 0 Å². The second kappa shape index (κ2) is 6.54. The second-order valence-corrected chi connectivity index (χ2v) is 7.62. The number of ether oxygens (including phenoxy) is 1. The van der Waals surface area contributed by atoms with E-state index in [1.165, 1.54) is 50.0 Å². The Kier molecular flexibility index (Phi) is 4.43. The van der Waals surface area contributed by atoms with Crippen LogP contribution in [0, 0.1) is 0 Å². The average molecular weight is 318 g/mol. The summed E-state index contributed by atoms with van der Waals surface area (Å²) in [6.45, 7) is 5.66. The summed E-state index contributed by atoms with van der Waals surface area (Å²) in [4.78, 5) is 5.21. The van der Waals surface area contributed by atoms with Crippen LogP contribution < -0.4 is 0 Å².